The monoisotopic (exact) mass is 269 g/mol. The molecule has 2 N–H and O–H groups in total. The van der Waals surface area contributed by atoms with Crippen LogP contribution in [0.15, 0.2) is 0 Å². The Hall–Kier alpha value is -1.79. The normalized spacial score (nSPS) is 24.0. The number of carbonyl (C=O) groups excluding carboxylic acids is 2. The molecule has 1 unspecified atom stereocenters. The summed E-state index contributed by atoms with van der Waals surface area (Å²) in [4.78, 5) is 37.5. The van der Waals surface area contributed by atoms with E-state index < -0.39 is 5.97 Å². The van der Waals surface area contributed by atoms with Gasteiger partial charge in [0.15, 0.2) is 0 Å². The zero-order valence-electron chi connectivity index (χ0n) is 10.8. The molecule has 2 saturated heterocycles. The van der Waals surface area contributed by atoms with Crippen LogP contribution in [0.1, 0.15) is 19.3 Å². The molecule has 2 aliphatic heterocycles. The van der Waals surface area contributed by atoms with Crippen molar-refractivity contribution in [2.75, 3.05) is 32.7 Å². The Morgan fingerprint density at radius 1 is 1.26 bits per heavy atom. The van der Waals surface area contributed by atoms with Crippen molar-refractivity contribution in [1.82, 2.24) is 15.1 Å². The number of likely N-dealkylation sites (tertiary alicyclic amines) is 1. The Kier molecular flexibility index (Phi) is 4.24. The molecule has 7 nitrogen and oxygen atoms in total. The van der Waals surface area contributed by atoms with Crippen LogP contribution in [0.3, 0.4) is 0 Å². The lowest BCUT2D eigenvalue weighted by Crippen LogP contribution is -2.43. The summed E-state index contributed by atoms with van der Waals surface area (Å²) in [6, 6.07) is -0.0793. The predicted octanol–water partition coefficient (Wildman–Crippen LogP) is -0.275. The third-order valence-corrected chi connectivity index (χ3v) is 3.60. The molecule has 19 heavy (non-hydrogen) atoms. The average molecular weight is 269 g/mol. The Labute approximate surface area is 111 Å². The highest BCUT2D eigenvalue weighted by Crippen LogP contribution is 2.21. The molecule has 2 rings (SSSR count). The first-order valence-corrected chi connectivity index (χ1v) is 6.58. The Morgan fingerprint density at radius 2 is 2.05 bits per heavy atom. The number of carboxylic acid groups (broad SMARTS) is 1. The topological polar surface area (TPSA) is 89.9 Å². The molecule has 0 aliphatic carbocycles. The summed E-state index contributed by atoms with van der Waals surface area (Å²) in [6.07, 6.45) is 1.19. The van der Waals surface area contributed by atoms with Gasteiger partial charge in [-0.3, -0.25) is 9.59 Å². The van der Waals surface area contributed by atoms with E-state index in [-0.39, 0.29) is 24.3 Å². The zero-order valence-corrected chi connectivity index (χ0v) is 10.8. The van der Waals surface area contributed by atoms with Crippen molar-refractivity contribution in [3.05, 3.63) is 0 Å². The minimum atomic E-state index is -0.816. The summed E-state index contributed by atoms with van der Waals surface area (Å²) in [5, 5.41) is 11.5. The largest absolute Gasteiger partial charge is 0.481 e. The number of carboxylic acids is 1. The summed E-state index contributed by atoms with van der Waals surface area (Å²) < 4.78 is 0. The van der Waals surface area contributed by atoms with Crippen LogP contribution in [0.25, 0.3) is 0 Å². The Morgan fingerprint density at radius 3 is 2.79 bits per heavy atom. The summed E-state index contributed by atoms with van der Waals surface area (Å²) in [7, 11) is 0. The number of nitrogens with one attached hydrogen (secondary N) is 1. The van der Waals surface area contributed by atoms with Crippen LogP contribution >= 0.6 is 0 Å². The standard InChI is InChI=1S/C12H19N3O4/c16-10-2-5-14(6-3-13-10)12(19)15-4-1-9(8-15)7-11(17)18/h9H,1-8H2,(H,13,16)(H,17,18). The van der Waals surface area contributed by atoms with Crippen LogP contribution < -0.4 is 5.32 Å². The van der Waals surface area contributed by atoms with E-state index in [0.717, 1.165) is 6.42 Å². The molecule has 0 aromatic carbocycles. The maximum Gasteiger partial charge on any atom is 0.320 e. The van der Waals surface area contributed by atoms with E-state index in [1.54, 1.807) is 9.80 Å². The van der Waals surface area contributed by atoms with E-state index in [9.17, 15) is 14.4 Å². The SMILES string of the molecule is O=C(O)CC1CCN(C(=O)N2CCNC(=O)CC2)C1. The highest BCUT2D eigenvalue weighted by atomic mass is 16.4. The second-order valence-corrected chi connectivity index (χ2v) is 5.07. The molecule has 0 aromatic rings. The highest BCUT2D eigenvalue weighted by molar-refractivity contribution is 5.79. The molecular weight excluding hydrogens is 250 g/mol. The predicted molar refractivity (Wildman–Crippen MR) is 66.5 cm³/mol. The Balaban J connectivity index is 1.86. The first kappa shape index (κ1) is 13.6. The lowest BCUT2D eigenvalue weighted by Gasteiger charge is -2.26. The number of carbonyl (C=O) groups is 3. The molecule has 0 spiro atoms. The van der Waals surface area contributed by atoms with Gasteiger partial charge in [-0.25, -0.2) is 4.79 Å². The number of rotatable bonds is 2. The fourth-order valence-electron chi connectivity index (χ4n) is 2.58. The number of nitrogens with zero attached hydrogens (tertiary/aromatic N) is 2. The molecule has 3 amide bonds. The number of hydrogen-bond donors (Lipinski definition) is 2. The molecule has 0 bridgehead atoms. The van der Waals surface area contributed by atoms with E-state index in [2.05, 4.69) is 5.32 Å². The van der Waals surface area contributed by atoms with Gasteiger partial charge in [-0.15, -0.1) is 0 Å². The van der Waals surface area contributed by atoms with Crippen LogP contribution in [0, 0.1) is 5.92 Å². The van der Waals surface area contributed by atoms with Crippen molar-refractivity contribution < 1.29 is 19.5 Å². The number of amides is 3. The first-order chi connectivity index (χ1) is 9.06. The van der Waals surface area contributed by atoms with Crippen molar-refractivity contribution in [3.8, 4) is 0 Å². The summed E-state index contributed by atoms with van der Waals surface area (Å²) in [5.41, 5.74) is 0. The third-order valence-electron chi connectivity index (χ3n) is 3.60. The van der Waals surface area contributed by atoms with Crippen LogP contribution in [0.4, 0.5) is 4.79 Å². The second kappa shape index (κ2) is 5.90. The lowest BCUT2D eigenvalue weighted by atomic mass is 10.1. The van der Waals surface area contributed by atoms with Crippen molar-refractivity contribution in [1.29, 1.82) is 0 Å². The smallest absolute Gasteiger partial charge is 0.320 e. The molecule has 2 heterocycles. The van der Waals surface area contributed by atoms with Crippen LogP contribution in [0.5, 0.6) is 0 Å². The van der Waals surface area contributed by atoms with Gasteiger partial charge in [0.1, 0.15) is 0 Å². The van der Waals surface area contributed by atoms with Crippen LogP contribution in [-0.2, 0) is 9.59 Å². The van der Waals surface area contributed by atoms with Crippen LogP contribution in [0.2, 0.25) is 0 Å². The minimum absolute atomic E-state index is 0.0273. The third kappa shape index (κ3) is 3.59. The Bertz CT molecular complexity index is 385. The molecule has 0 radical (unpaired) electrons. The van der Waals surface area contributed by atoms with E-state index >= 15 is 0 Å². The van der Waals surface area contributed by atoms with Crippen LogP contribution in [-0.4, -0.2) is 65.5 Å². The number of aliphatic carboxylic acids is 1. The van der Waals surface area contributed by atoms with Gasteiger partial charge in [0, 0.05) is 45.6 Å². The van der Waals surface area contributed by atoms with Gasteiger partial charge in [0.05, 0.1) is 0 Å². The average Bonchev–Trinajstić information content (AvgIpc) is 2.69. The molecule has 7 heteroatoms. The van der Waals surface area contributed by atoms with Crippen molar-refractivity contribution in [3.63, 3.8) is 0 Å². The quantitative estimate of drug-likeness (QED) is 0.721. The zero-order chi connectivity index (χ0) is 13.8. The van der Waals surface area contributed by atoms with Crippen molar-refractivity contribution in [2.24, 2.45) is 5.92 Å². The first-order valence-electron chi connectivity index (χ1n) is 6.58. The highest BCUT2D eigenvalue weighted by Gasteiger charge is 2.31. The van der Waals surface area contributed by atoms with Gasteiger partial charge < -0.3 is 20.2 Å². The van der Waals surface area contributed by atoms with Gasteiger partial charge in [0.25, 0.3) is 0 Å². The van der Waals surface area contributed by atoms with Gasteiger partial charge in [-0.1, -0.05) is 0 Å². The maximum atomic E-state index is 12.3. The van der Waals surface area contributed by atoms with Gasteiger partial charge in [-0.05, 0) is 12.3 Å². The fraction of sp³-hybridized carbons (Fsp3) is 0.750. The summed E-state index contributed by atoms with van der Waals surface area (Å²) in [6.45, 7) is 2.55. The second-order valence-electron chi connectivity index (χ2n) is 5.07. The van der Waals surface area contributed by atoms with Gasteiger partial charge >= 0.3 is 12.0 Å². The fourth-order valence-corrected chi connectivity index (χ4v) is 2.58. The van der Waals surface area contributed by atoms with E-state index in [1.165, 1.54) is 0 Å². The number of hydrogen-bond acceptors (Lipinski definition) is 3. The summed E-state index contributed by atoms with van der Waals surface area (Å²) in [5.74, 6) is -0.794. The van der Waals surface area contributed by atoms with Crippen molar-refractivity contribution >= 4 is 17.9 Å². The van der Waals surface area contributed by atoms with E-state index in [4.69, 9.17) is 5.11 Å². The minimum Gasteiger partial charge on any atom is -0.481 e. The van der Waals surface area contributed by atoms with E-state index in [1.807, 2.05) is 0 Å². The molecule has 106 valence electrons. The molecule has 1 atom stereocenters. The number of urea groups is 1. The van der Waals surface area contributed by atoms with E-state index in [0.29, 0.717) is 39.1 Å². The van der Waals surface area contributed by atoms with Crippen molar-refractivity contribution in [2.45, 2.75) is 19.3 Å². The maximum absolute atomic E-state index is 12.3. The summed E-state index contributed by atoms with van der Waals surface area (Å²) >= 11 is 0. The molecular formula is C12H19N3O4. The molecule has 0 aromatic heterocycles. The molecule has 2 fully saturated rings. The van der Waals surface area contributed by atoms with Gasteiger partial charge in [0.2, 0.25) is 5.91 Å². The molecule has 0 saturated carbocycles. The van der Waals surface area contributed by atoms with Gasteiger partial charge in [-0.2, -0.15) is 0 Å². The molecule has 2 aliphatic rings. The lowest BCUT2D eigenvalue weighted by molar-refractivity contribution is -0.138.